The van der Waals surface area contributed by atoms with Gasteiger partial charge in [0.15, 0.2) is 0 Å². The highest BCUT2D eigenvalue weighted by atomic mass is 32.1. The van der Waals surface area contributed by atoms with Gasteiger partial charge in [0.1, 0.15) is 16.4 Å². The number of hydrogen-bond donors (Lipinski definition) is 2. The first-order chi connectivity index (χ1) is 15.0. The second kappa shape index (κ2) is 10.1. The lowest BCUT2D eigenvalue weighted by Crippen LogP contribution is -2.35. The smallest absolute Gasteiger partial charge is 0.259 e. The van der Waals surface area contributed by atoms with Gasteiger partial charge in [-0.3, -0.25) is 9.69 Å². The summed E-state index contributed by atoms with van der Waals surface area (Å²) in [4.78, 5) is 24.8. The summed E-state index contributed by atoms with van der Waals surface area (Å²) in [7, 11) is 0. The summed E-state index contributed by atoms with van der Waals surface area (Å²) in [5.41, 5.74) is 1.13. The van der Waals surface area contributed by atoms with Crippen LogP contribution in [0.2, 0.25) is 0 Å². The van der Waals surface area contributed by atoms with Crippen molar-refractivity contribution in [3.8, 4) is 0 Å². The molecular weight excluding hydrogens is 414 g/mol. The van der Waals surface area contributed by atoms with Crippen LogP contribution in [0.3, 0.4) is 0 Å². The van der Waals surface area contributed by atoms with Gasteiger partial charge in [0.25, 0.3) is 5.56 Å². The molecule has 3 heterocycles. The molecule has 0 amide bonds. The average molecular weight is 446 g/mol. The Balaban J connectivity index is 1.51. The maximum Gasteiger partial charge on any atom is 0.259 e. The van der Waals surface area contributed by atoms with Crippen molar-refractivity contribution in [3.05, 3.63) is 50.8 Å². The topological polar surface area (TPSA) is 91.6 Å². The standard InChI is InChI=1S/C23H31N3O4S/c1-15(2)13-29-14-16(27)10-26(11-17-6-5-9-30-17)12-20-24-22(28)21-18-7-3-4-8-19(18)31-23(21)25-20/h5-6,9,15-16,27H,3-4,7-8,10-14H2,1-2H3,(H,24,25,28)/t16-/m1/s1. The molecule has 2 N–H and O–H groups in total. The molecule has 7 nitrogen and oxygen atoms in total. The van der Waals surface area contributed by atoms with E-state index in [2.05, 4.69) is 18.8 Å². The molecule has 0 fully saturated rings. The molecule has 0 bridgehead atoms. The number of thiophene rings is 1. The van der Waals surface area contributed by atoms with E-state index in [9.17, 15) is 9.90 Å². The molecule has 8 heteroatoms. The lowest BCUT2D eigenvalue weighted by molar-refractivity contribution is 0.00421. The molecule has 0 saturated heterocycles. The Morgan fingerprint density at radius 1 is 1.29 bits per heavy atom. The number of furan rings is 1. The quantitative estimate of drug-likeness (QED) is 0.496. The molecule has 1 atom stereocenters. The van der Waals surface area contributed by atoms with Gasteiger partial charge < -0.3 is 19.2 Å². The Hall–Kier alpha value is -2.00. The predicted molar refractivity (Wildman–Crippen MR) is 121 cm³/mol. The molecule has 1 aliphatic carbocycles. The zero-order chi connectivity index (χ0) is 21.8. The fourth-order valence-corrected chi connectivity index (χ4v) is 5.37. The molecule has 0 unspecified atom stereocenters. The van der Waals surface area contributed by atoms with Crippen molar-refractivity contribution in [1.82, 2.24) is 14.9 Å². The van der Waals surface area contributed by atoms with Crippen LogP contribution in [0.5, 0.6) is 0 Å². The molecule has 0 spiro atoms. The largest absolute Gasteiger partial charge is 0.468 e. The number of ether oxygens (including phenoxy) is 1. The van der Waals surface area contributed by atoms with Crippen molar-refractivity contribution in [2.75, 3.05) is 19.8 Å². The van der Waals surface area contributed by atoms with Crippen LogP contribution in [-0.2, 0) is 30.7 Å². The van der Waals surface area contributed by atoms with E-state index in [1.165, 1.54) is 16.9 Å². The van der Waals surface area contributed by atoms with E-state index in [0.29, 0.717) is 38.0 Å². The summed E-state index contributed by atoms with van der Waals surface area (Å²) in [5.74, 6) is 1.83. The Labute approximate surface area is 186 Å². The Morgan fingerprint density at radius 2 is 2.13 bits per heavy atom. The molecule has 31 heavy (non-hydrogen) atoms. The normalized spacial score (nSPS) is 15.1. The number of aliphatic hydroxyl groups excluding tert-OH is 1. The fourth-order valence-electron chi connectivity index (χ4n) is 4.09. The van der Waals surface area contributed by atoms with Crippen molar-refractivity contribution >= 4 is 21.6 Å². The van der Waals surface area contributed by atoms with Crippen LogP contribution >= 0.6 is 11.3 Å². The zero-order valence-electron chi connectivity index (χ0n) is 18.2. The molecule has 0 saturated carbocycles. The van der Waals surface area contributed by atoms with Gasteiger partial charge >= 0.3 is 0 Å². The van der Waals surface area contributed by atoms with Gasteiger partial charge in [0.05, 0.1) is 37.4 Å². The van der Waals surface area contributed by atoms with Crippen LogP contribution in [0.1, 0.15) is 48.7 Å². The minimum absolute atomic E-state index is 0.0573. The Kier molecular flexibility index (Phi) is 7.22. The number of aryl methyl sites for hydroxylation is 2. The maximum absolute atomic E-state index is 12.9. The van der Waals surface area contributed by atoms with Gasteiger partial charge in [0, 0.05) is 18.0 Å². The minimum Gasteiger partial charge on any atom is -0.468 e. The number of hydrogen-bond acceptors (Lipinski definition) is 7. The van der Waals surface area contributed by atoms with E-state index < -0.39 is 6.10 Å². The lowest BCUT2D eigenvalue weighted by atomic mass is 9.97. The summed E-state index contributed by atoms with van der Waals surface area (Å²) in [6.45, 7) is 6.36. The Bertz CT molecular complexity index is 1040. The predicted octanol–water partition coefficient (Wildman–Crippen LogP) is 3.49. The number of fused-ring (bicyclic) bond motifs is 3. The first kappa shape index (κ1) is 22.2. The van der Waals surface area contributed by atoms with Gasteiger partial charge in [0.2, 0.25) is 0 Å². The summed E-state index contributed by atoms with van der Waals surface area (Å²) in [6, 6.07) is 3.75. The maximum atomic E-state index is 12.9. The average Bonchev–Trinajstić information content (AvgIpc) is 3.34. The second-order valence-electron chi connectivity index (χ2n) is 8.74. The third kappa shape index (κ3) is 5.63. The van der Waals surface area contributed by atoms with Crippen LogP contribution in [0.15, 0.2) is 27.6 Å². The van der Waals surface area contributed by atoms with Gasteiger partial charge in [-0.1, -0.05) is 13.8 Å². The van der Waals surface area contributed by atoms with Crippen molar-refractivity contribution in [2.24, 2.45) is 5.92 Å². The fraction of sp³-hybridized carbons (Fsp3) is 0.565. The number of aromatic nitrogens is 2. The molecule has 0 radical (unpaired) electrons. The van der Waals surface area contributed by atoms with E-state index in [1.807, 2.05) is 17.0 Å². The highest BCUT2D eigenvalue weighted by molar-refractivity contribution is 7.18. The second-order valence-corrected chi connectivity index (χ2v) is 9.82. The number of H-pyrrole nitrogens is 1. The van der Waals surface area contributed by atoms with E-state index in [1.54, 1.807) is 17.6 Å². The highest BCUT2D eigenvalue weighted by Crippen LogP contribution is 2.33. The molecule has 1 aliphatic rings. The molecular formula is C23H31N3O4S. The van der Waals surface area contributed by atoms with Gasteiger partial charge in [-0.15, -0.1) is 11.3 Å². The van der Waals surface area contributed by atoms with Crippen LogP contribution in [0, 0.1) is 5.92 Å². The van der Waals surface area contributed by atoms with Crippen molar-refractivity contribution < 1.29 is 14.3 Å². The third-order valence-corrected chi connectivity index (χ3v) is 6.62. The first-order valence-electron chi connectivity index (χ1n) is 11.0. The number of nitrogens with one attached hydrogen (secondary N) is 1. The van der Waals surface area contributed by atoms with Crippen molar-refractivity contribution in [1.29, 1.82) is 0 Å². The molecule has 0 aliphatic heterocycles. The van der Waals surface area contributed by atoms with Crippen LogP contribution < -0.4 is 5.56 Å². The molecule has 3 aromatic heterocycles. The highest BCUT2D eigenvalue weighted by Gasteiger charge is 2.21. The van der Waals surface area contributed by atoms with Gasteiger partial charge in [-0.05, 0) is 49.3 Å². The van der Waals surface area contributed by atoms with E-state index in [4.69, 9.17) is 14.1 Å². The van der Waals surface area contributed by atoms with Crippen molar-refractivity contribution in [3.63, 3.8) is 0 Å². The lowest BCUT2D eigenvalue weighted by Gasteiger charge is -2.24. The SMILES string of the molecule is CC(C)COC[C@H](O)CN(Cc1nc2sc3c(c2c(=O)[nH]1)CCCC3)Cc1ccco1. The van der Waals surface area contributed by atoms with E-state index in [0.717, 1.165) is 35.2 Å². The Morgan fingerprint density at radius 3 is 2.90 bits per heavy atom. The molecule has 0 aromatic carbocycles. The van der Waals surface area contributed by atoms with Crippen LogP contribution in [0.4, 0.5) is 0 Å². The van der Waals surface area contributed by atoms with Crippen LogP contribution in [-0.4, -0.2) is 45.8 Å². The number of aliphatic hydroxyl groups is 1. The summed E-state index contributed by atoms with van der Waals surface area (Å²) in [6.07, 6.45) is 5.31. The van der Waals surface area contributed by atoms with Crippen LogP contribution in [0.25, 0.3) is 10.2 Å². The zero-order valence-corrected chi connectivity index (χ0v) is 19.0. The molecule has 168 valence electrons. The number of rotatable bonds is 10. The summed E-state index contributed by atoms with van der Waals surface area (Å²) < 4.78 is 11.1. The first-order valence-corrected chi connectivity index (χ1v) is 11.8. The third-order valence-electron chi connectivity index (χ3n) is 5.44. The molecule has 3 aromatic rings. The number of aromatic amines is 1. The van der Waals surface area contributed by atoms with E-state index in [-0.39, 0.29) is 12.2 Å². The monoisotopic (exact) mass is 445 g/mol. The van der Waals surface area contributed by atoms with E-state index >= 15 is 0 Å². The summed E-state index contributed by atoms with van der Waals surface area (Å²) in [5, 5.41) is 11.3. The minimum atomic E-state index is -0.641. The van der Waals surface area contributed by atoms with Crippen molar-refractivity contribution in [2.45, 2.75) is 58.7 Å². The van der Waals surface area contributed by atoms with Gasteiger partial charge in [-0.25, -0.2) is 4.98 Å². The molecule has 4 rings (SSSR count). The number of nitrogens with zero attached hydrogens (tertiary/aromatic N) is 2. The van der Waals surface area contributed by atoms with Gasteiger partial charge in [-0.2, -0.15) is 0 Å². The summed E-state index contributed by atoms with van der Waals surface area (Å²) >= 11 is 1.65.